The Balaban J connectivity index is 2.54. The fourth-order valence-electron chi connectivity index (χ4n) is 1.17. The van der Waals surface area contributed by atoms with E-state index in [0.29, 0.717) is 0 Å². The third-order valence-corrected chi connectivity index (χ3v) is 1.98. The van der Waals surface area contributed by atoms with Crippen molar-refractivity contribution in [2.45, 2.75) is 6.42 Å². The average Bonchev–Trinajstić information content (AvgIpc) is 2.30. The second-order valence-corrected chi connectivity index (χ2v) is 3.34. The molecule has 0 bridgehead atoms. The second-order valence-electron chi connectivity index (χ2n) is 3.34. The first kappa shape index (κ1) is 12.7. The van der Waals surface area contributed by atoms with Gasteiger partial charge in [-0.1, -0.05) is 36.4 Å². The van der Waals surface area contributed by atoms with Crippen LogP contribution in [0.4, 0.5) is 0 Å². The lowest BCUT2D eigenvalue weighted by atomic mass is 10.1. The Morgan fingerprint density at radius 1 is 1.12 bits per heavy atom. The number of rotatable bonds is 5. The monoisotopic (exact) mass is 232 g/mol. The van der Waals surface area contributed by atoms with Crippen molar-refractivity contribution < 1.29 is 19.8 Å². The minimum Gasteiger partial charge on any atom is -0.502 e. The van der Waals surface area contributed by atoms with E-state index in [9.17, 15) is 9.59 Å². The van der Waals surface area contributed by atoms with E-state index in [1.165, 1.54) is 12.2 Å². The van der Waals surface area contributed by atoms with Gasteiger partial charge >= 0.3 is 5.97 Å². The van der Waals surface area contributed by atoms with Crippen molar-refractivity contribution >= 4 is 11.8 Å². The van der Waals surface area contributed by atoms with Crippen LogP contribution >= 0.6 is 0 Å². The highest BCUT2D eigenvalue weighted by molar-refractivity contribution is 5.92. The van der Waals surface area contributed by atoms with Crippen LogP contribution in [0, 0.1) is 0 Å². The molecule has 4 heteroatoms. The van der Waals surface area contributed by atoms with E-state index in [0.717, 1.165) is 11.6 Å². The zero-order chi connectivity index (χ0) is 12.7. The molecule has 0 saturated carbocycles. The third-order valence-electron chi connectivity index (χ3n) is 1.98. The Labute approximate surface area is 98.5 Å². The van der Waals surface area contributed by atoms with Gasteiger partial charge in [0.25, 0.3) is 0 Å². The van der Waals surface area contributed by atoms with Crippen molar-refractivity contribution in [2.24, 2.45) is 0 Å². The van der Waals surface area contributed by atoms with Gasteiger partial charge in [-0.2, -0.15) is 0 Å². The normalized spacial score (nSPS) is 11.6. The number of aliphatic hydroxyl groups excluding tert-OH is 1. The van der Waals surface area contributed by atoms with E-state index in [1.807, 2.05) is 30.3 Å². The molecular formula is C13H12O4. The molecule has 0 unspecified atom stereocenters. The zero-order valence-electron chi connectivity index (χ0n) is 9.04. The predicted octanol–water partition coefficient (Wildman–Crippen LogP) is 1.88. The number of hydrogen-bond acceptors (Lipinski definition) is 3. The number of hydrogen-bond donors (Lipinski definition) is 2. The van der Waals surface area contributed by atoms with Crippen LogP contribution in [-0.2, 0) is 16.0 Å². The highest BCUT2D eigenvalue weighted by Gasteiger charge is 2.01. The van der Waals surface area contributed by atoms with Gasteiger partial charge in [-0.25, -0.2) is 4.79 Å². The van der Waals surface area contributed by atoms with Crippen LogP contribution in [0.5, 0.6) is 0 Å². The van der Waals surface area contributed by atoms with Crippen LogP contribution in [0.15, 0.2) is 54.3 Å². The molecule has 0 aliphatic carbocycles. The van der Waals surface area contributed by atoms with E-state index in [4.69, 9.17) is 10.2 Å². The summed E-state index contributed by atoms with van der Waals surface area (Å²) in [4.78, 5) is 21.6. The number of carboxylic acids is 1. The summed E-state index contributed by atoms with van der Waals surface area (Å²) < 4.78 is 0. The second kappa shape index (κ2) is 6.27. The van der Waals surface area contributed by atoms with Gasteiger partial charge in [0.05, 0.1) is 0 Å². The quantitative estimate of drug-likeness (QED) is 0.461. The SMILES string of the molecule is O=C(C=CC=C(O)C(=O)O)Cc1ccccc1. The highest BCUT2D eigenvalue weighted by atomic mass is 16.4. The summed E-state index contributed by atoms with van der Waals surface area (Å²) in [5.41, 5.74) is 0.883. The molecule has 88 valence electrons. The smallest absolute Gasteiger partial charge is 0.370 e. The largest absolute Gasteiger partial charge is 0.502 e. The Morgan fingerprint density at radius 2 is 1.76 bits per heavy atom. The Hall–Kier alpha value is -2.36. The van der Waals surface area contributed by atoms with Crippen LogP contribution in [-0.4, -0.2) is 22.0 Å². The van der Waals surface area contributed by atoms with Gasteiger partial charge in [0.15, 0.2) is 5.78 Å². The molecule has 0 aliphatic rings. The Kier molecular flexibility index (Phi) is 4.69. The van der Waals surface area contributed by atoms with Crippen molar-refractivity contribution in [1.82, 2.24) is 0 Å². The predicted molar refractivity (Wildman–Crippen MR) is 62.6 cm³/mol. The molecule has 0 amide bonds. The molecule has 1 aromatic rings. The summed E-state index contributed by atoms with van der Waals surface area (Å²) in [6.45, 7) is 0. The van der Waals surface area contributed by atoms with Crippen molar-refractivity contribution in [2.75, 3.05) is 0 Å². The standard InChI is InChI=1S/C13H12O4/c14-11(7-4-8-12(15)13(16)17)9-10-5-2-1-3-6-10/h1-8,15H,9H2,(H,16,17). The highest BCUT2D eigenvalue weighted by Crippen LogP contribution is 2.00. The number of carboxylic acid groups (broad SMARTS) is 1. The molecule has 1 aromatic carbocycles. The molecule has 0 radical (unpaired) electrons. The number of aliphatic hydroxyl groups is 1. The lowest BCUT2D eigenvalue weighted by Gasteiger charge is -1.95. The fourth-order valence-corrected chi connectivity index (χ4v) is 1.17. The molecule has 0 spiro atoms. The van der Waals surface area contributed by atoms with Gasteiger partial charge in [0, 0.05) is 6.42 Å². The van der Waals surface area contributed by atoms with Crippen molar-refractivity contribution in [3.8, 4) is 0 Å². The summed E-state index contributed by atoms with van der Waals surface area (Å²) in [6.07, 6.45) is 3.66. The topological polar surface area (TPSA) is 74.6 Å². The number of allylic oxidation sites excluding steroid dienone is 3. The summed E-state index contributed by atoms with van der Waals surface area (Å²) in [6, 6.07) is 9.19. The zero-order valence-corrected chi connectivity index (χ0v) is 9.04. The van der Waals surface area contributed by atoms with E-state index in [-0.39, 0.29) is 12.2 Å². The van der Waals surface area contributed by atoms with Gasteiger partial charge in [0.1, 0.15) is 0 Å². The molecule has 0 aromatic heterocycles. The van der Waals surface area contributed by atoms with E-state index in [2.05, 4.69) is 0 Å². The third kappa shape index (κ3) is 4.79. The number of ketones is 1. The molecule has 2 N–H and O–H groups in total. The first-order valence-corrected chi connectivity index (χ1v) is 4.97. The Morgan fingerprint density at radius 3 is 2.35 bits per heavy atom. The van der Waals surface area contributed by atoms with Gasteiger partial charge in [-0.3, -0.25) is 4.79 Å². The lowest BCUT2D eigenvalue weighted by Crippen LogP contribution is -1.99. The average molecular weight is 232 g/mol. The maximum Gasteiger partial charge on any atom is 0.370 e. The van der Waals surface area contributed by atoms with Crippen LogP contribution < -0.4 is 0 Å². The van der Waals surface area contributed by atoms with Gasteiger partial charge < -0.3 is 10.2 Å². The summed E-state index contributed by atoms with van der Waals surface area (Å²) in [5, 5.41) is 17.2. The molecule has 4 nitrogen and oxygen atoms in total. The first-order chi connectivity index (χ1) is 8.09. The van der Waals surface area contributed by atoms with Crippen LogP contribution in [0.25, 0.3) is 0 Å². The van der Waals surface area contributed by atoms with E-state index < -0.39 is 11.7 Å². The number of carbonyl (C=O) groups is 2. The molecule has 0 atom stereocenters. The maximum absolute atomic E-state index is 11.4. The van der Waals surface area contributed by atoms with Crippen molar-refractivity contribution in [1.29, 1.82) is 0 Å². The molecule has 0 heterocycles. The molecule has 0 saturated heterocycles. The molecular weight excluding hydrogens is 220 g/mol. The van der Waals surface area contributed by atoms with E-state index >= 15 is 0 Å². The molecule has 1 rings (SSSR count). The van der Waals surface area contributed by atoms with Gasteiger partial charge in [0.2, 0.25) is 5.76 Å². The van der Waals surface area contributed by atoms with Gasteiger partial charge in [-0.05, 0) is 17.7 Å². The first-order valence-electron chi connectivity index (χ1n) is 4.97. The van der Waals surface area contributed by atoms with E-state index in [1.54, 1.807) is 0 Å². The number of benzene rings is 1. The maximum atomic E-state index is 11.4. The minimum atomic E-state index is -1.43. The minimum absolute atomic E-state index is 0.161. The lowest BCUT2D eigenvalue weighted by molar-refractivity contribution is -0.135. The van der Waals surface area contributed by atoms with Crippen molar-refractivity contribution in [3.63, 3.8) is 0 Å². The van der Waals surface area contributed by atoms with Crippen molar-refractivity contribution in [3.05, 3.63) is 59.9 Å². The summed E-state index contributed by atoms with van der Waals surface area (Å²) >= 11 is 0. The van der Waals surface area contributed by atoms with Crippen LogP contribution in [0.1, 0.15) is 5.56 Å². The van der Waals surface area contributed by atoms with Crippen LogP contribution in [0.3, 0.4) is 0 Å². The molecule has 0 aliphatic heterocycles. The Bertz CT molecular complexity index is 458. The summed E-state index contributed by atoms with van der Waals surface area (Å²) in [7, 11) is 0. The van der Waals surface area contributed by atoms with Crippen LogP contribution in [0.2, 0.25) is 0 Å². The fraction of sp³-hybridized carbons (Fsp3) is 0.0769. The molecule has 0 fully saturated rings. The number of carbonyl (C=O) groups excluding carboxylic acids is 1. The number of aliphatic carboxylic acids is 1. The van der Waals surface area contributed by atoms with Gasteiger partial charge in [-0.15, -0.1) is 0 Å². The molecule has 17 heavy (non-hydrogen) atoms. The summed E-state index contributed by atoms with van der Waals surface area (Å²) in [5.74, 6) is -2.38.